The van der Waals surface area contributed by atoms with E-state index in [0.29, 0.717) is 11.3 Å². The van der Waals surface area contributed by atoms with E-state index in [1.165, 1.54) is 17.7 Å². The van der Waals surface area contributed by atoms with E-state index in [1.807, 2.05) is 0 Å². The Morgan fingerprint density at radius 2 is 1.69 bits per heavy atom. The zero-order valence-electron chi connectivity index (χ0n) is 14.2. The highest BCUT2D eigenvalue weighted by atomic mass is 19.1. The van der Waals surface area contributed by atoms with Crippen molar-refractivity contribution in [2.75, 3.05) is 13.1 Å². The molecule has 0 saturated carbocycles. The molecule has 0 aromatic heterocycles. The topological polar surface area (TPSA) is 74.8 Å². The molecule has 1 aromatic rings. The molecule has 1 aromatic carbocycles. The van der Waals surface area contributed by atoms with Crippen molar-refractivity contribution in [2.24, 2.45) is 0 Å². The third kappa shape index (κ3) is 3.71. The van der Waals surface area contributed by atoms with E-state index in [1.54, 1.807) is 0 Å². The normalized spacial score (nSPS) is 17.7. The Kier molecular flexibility index (Phi) is 5.25. The monoisotopic (exact) mass is 358 g/mol. The van der Waals surface area contributed by atoms with Gasteiger partial charge >= 0.3 is 17.8 Å². The fraction of sp³-hybridized carbons (Fsp3) is 0.368. The number of carbonyl (C=O) groups is 4. The van der Waals surface area contributed by atoms with Gasteiger partial charge in [-0.05, 0) is 56.4 Å². The standard InChI is InChI=1S/C19H19FN2O4/c20-15-8-6-14(7-9-15)16(23)12-22-18(25)17(24)21(19(22)26)11-10-13-4-2-1-3-5-13/h4,6-9H,1-3,5,10-12H2. The Balaban J connectivity index is 1.65. The van der Waals surface area contributed by atoms with E-state index in [2.05, 4.69) is 6.08 Å². The lowest BCUT2D eigenvalue weighted by molar-refractivity contribution is -0.143. The molecule has 1 saturated heterocycles. The molecule has 0 spiro atoms. The predicted octanol–water partition coefficient (Wildman–Crippen LogP) is 2.69. The predicted molar refractivity (Wildman–Crippen MR) is 90.7 cm³/mol. The number of halogens is 1. The Bertz CT molecular complexity index is 785. The minimum atomic E-state index is -0.997. The van der Waals surface area contributed by atoms with Gasteiger partial charge in [0.15, 0.2) is 5.78 Å². The first-order valence-corrected chi connectivity index (χ1v) is 8.61. The minimum absolute atomic E-state index is 0.135. The Morgan fingerprint density at radius 3 is 2.35 bits per heavy atom. The third-order valence-corrected chi connectivity index (χ3v) is 4.64. The number of Topliss-reactive ketones (excluding diaryl/α,β-unsaturated/α-hetero) is 1. The molecule has 0 bridgehead atoms. The van der Waals surface area contributed by atoms with Gasteiger partial charge in [0.1, 0.15) is 5.82 Å². The van der Waals surface area contributed by atoms with Gasteiger partial charge in [-0.2, -0.15) is 0 Å². The van der Waals surface area contributed by atoms with Gasteiger partial charge in [-0.25, -0.2) is 14.1 Å². The number of nitrogens with zero attached hydrogens (tertiary/aromatic N) is 2. The number of imide groups is 2. The first-order valence-electron chi connectivity index (χ1n) is 8.61. The van der Waals surface area contributed by atoms with Crippen LogP contribution in [-0.4, -0.2) is 46.5 Å². The molecule has 4 amide bonds. The van der Waals surface area contributed by atoms with E-state index in [9.17, 15) is 23.6 Å². The van der Waals surface area contributed by atoms with Crippen LogP contribution in [0.5, 0.6) is 0 Å². The zero-order valence-corrected chi connectivity index (χ0v) is 14.2. The molecular weight excluding hydrogens is 339 g/mol. The van der Waals surface area contributed by atoms with Gasteiger partial charge < -0.3 is 0 Å². The summed E-state index contributed by atoms with van der Waals surface area (Å²) in [5.41, 5.74) is 1.36. The second kappa shape index (κ2) is 7.59. The Labute approximate surface area is 150 Å². The number of allylic oxidation sites excluding steroid dienone is 1. The smallest absolute Gasteiger partial charge is 0.292 e. The lowest BCUT2D eigenvalue weighted by atomic mass is 9.97. The quantitative estimate of drug-likeness (QED) is 0.339. The number of carbonyl (C=O) groups excluding carboxylic acids is 4. The summed E-state index contributed by atoms with van der Waals surface area (Å²) in [5, 5.41) is 0. The van der Waals surface area contributed by atoms with E-state index in [4.69, 9.17) is 0 Å². The summed E-state index contributed by atoms with van der Waals surface area (Å²) in [7, 11) is 0. The van der Waals surface area contributed by atoms with Gasteiger partial charge in [0, 0.05) is 12.1 Å². The summed E-state index contributed by atoms with van der Waals surface area (Å²) in [6.07, 6.45) is 6.83. The number of urea groups is 1. The average Bonchev–Trinajstić information content (AvgIpc) is 2.85. The Morgan fingerprint density at radius 1 is 1.00 bits per heavy atom. The second-order valence-corrected chi connectivity index (χ2v) is 6.42. The lowest BCUT2D eigenvalue weighted by Crippen LogP contribution is -2.37. The molecule has 2 aliphatic rings. The van der Waals surface area contributed by atoms with Crippen LogP contribution in [0.15, 0.2) is 35.9 Å². The molecule has 0 radical (unpaired) electrons. The number of rotatable bonds is 6. The van der Waals surface area contributed by atoms with Crippen molar-refractivity contribution in [3.8, 4) is 0 Å². The maximum atomic E-state index is 12.9. The van der Waals surface area contributed by atoms with Gasteiger partial charge in [-0.15, -0.1) is 0 Å². The molecule has 0 unspecified atom stereocenters. The van der Waals surface area contributed by atoms with Crippen LogP contribution in [0.3, 0.4) is 0 Å². The van der Waals surface area contributed by atoms with Gasteiger partial charge in [-0.3, -0.25) is 19.3 Å². The molecule has 1 aliphatic heterocycles. The number of ketones is 1. The fourth-order valence-electron chi connectivity index (χ4n) is 3.14. The molecule has 3 rings (SSSR count). The van der Waals surface area contributed by atoms with Crippen LogP contribution >= 0.6 is 0 Å². The molecule has 7 heteroatoms. The SMILES string of the molecule is O=C(CN1C(=O)C(=O)N(CCC2=CCCCC2)C1=O)c1ccc(F)cc1. The molecule has 1 heterocycles. The highest BCUT2D eigenvalue weighted by Gasteiger charge is 2.44. The molecule has 1 aliphatic carbocycles. The number of hydrogen-bond acceptors (Lipinski definition) is 4. The van der Waals surface area contributed by atoms with E-state index < -0.39 is 36.0 Å². The molecule has 26 heavy (non-hydrogen) atoms. The molecular formula is C19H19FN2O4. The second-order valence-electron chi connectivity index (χ2n) is 6.42. The molecule has 136 valence electrons. The lowest BCUT2D eigenvalue weighted by Gasteiger charge is -2.17. The molecule has 0 atom stereocenters. The van der Waals surface area contributed by atoms with Gasteiger partial charge in [0.2, 0.25) is 0 Å². The largest absolute Gasteiger partial charge is 0.334 e. The first-order chi connectivity index (χ1) is 12.5. The van der Waals surface area contributed by atoms with Crippen LogP contribution in [-0.2, 0) is 9.59 Å². The van der Waals surface area contributed by atoms with E-state index in [0.717, 1.165) is 42.7 Å². The van der Waals surface area contributed by atoms with E-state index in [-0.39, 0.29) is 12.1 Å². The summed E-state index contributed by atoms with van der Waals surface area (Å²) in [6, 6.07) is 4.02. The number of amides is 4. The summed E-state index contributed by atoms with van der Waals surface area (Å²) in [5.74, 6) is -2.93. The maximum absolute atomic E-state index is 12.9. The average molecular weight is 358 g/mol. The van der Waals surface area contributed by atoms with Crippen molar-refractivity contribution < 1.29 is 23.6 Å². The van der Waals surface area contributed by atoms with Crippen LogP contribution in [0.25, 0.3) is 0 Å². The number of hydrogen-bond donors (Lipinski definition) is 0. The van der Waals surface area contributed by atoms with Crippen molar-refractivity contribution in [1.82, 2.24) is 9.80 Å². The van der Waals surface area contributed by atoms with E-state index >= 15 is 0 Å². The zero-order chi connectivity index (χ0) is 18.7. The molecule has 0 N–H and O–H groups in total. The maximum Gasteiger partial charge on any atom is 0.334 e. The van der Waals surface area contributed by atoms with Crippen molar-refractivity contribution >= 4 is 23.6 Å². The summed E-state index contributed by atoms with van der Waals surface area (Å²) < 4.78 is 12.9. The summed E-state index contributed by atoms with van der Waals surface area (Å²) >= 11 is 0. The first kappa shape index (κ1) is 18.0. The number of benzene rings is 1. The molecule has 6 nitrogen and oxygen atoms in total. The Hall–Kier alpha value is -2.83. The third-order valence-electron chi connectivity index (χ3n) is 4.64. The van der Waals surface area contributed by atoms with Gasteiger partial charge in [-0.1, -0.05) is 11.6 Å². The highest BCUT2D eigenvalue weighted by Crippen LogP contribution is 2.22. The summed E-state index contributed by atoms with van der Waals surface area (Å²) in [6.45, 7) is -0.398. The van der Waals surface area contributed by atoms with Crippen LogP contribution in [0.4, 0.5) is 9.18 Å². The molecule has 1 fully saturated rings. The van der Waals surface area contributed by atoms with Gasteiger partial charge in [0.25, 0.3) is 0 Å². The minimum Gasteiger partial charge on any atom is -0.292 e. The van der Waals surface area contributed by atoms with Crippen molar-refractivity contribution in [2.45, 2.75) is 32.1 Å². The van der Waals surface area contributed by atoms with Crippen LogP contribution in [0.1, 0.15) is 42.5 Å². The van der Waals surface area contributed by atoms with Crippen LogP contribution < -0.4 is 0 Å². The van der Waals surface area contributed by atoms with Crippen LogP contribution in [0.2, 0.25) is 0 Å². The van der Waals surface area contributed by atoms with Crippen molar-refractivity contribution in [3.63, 3.8) is 0 Å². The highest BCUT2D eigenvalue weighted by molar-refractivity contribution is 6.45. The van der Waals surface area contributed by atoms with Crippen molar-refractivity contribution in [3.05, 3.63) is 47.3 Å². The van der Waals surface area contributed by atoms with Gasteiger partial charge in [0.05, 0.1) is 6.54 Å². The van der Waals surface area contributed by atoms with Crippen molar-refractivity contribution in [1.29, 1.82) is 0 Å². The fourth-order valence-corrected chi connectivity index (χ4v) is 3.14. The summed E-state index contributed by atoms with van der Waals surface area (Å²) in [4.78, 5) is 50.3. The van der Waals surface area contributed by atoms with Crippen LogP contribution in [0, 0.1) is 5.82 Å².